The lowest BCUT2D eigenvalue weighted by Crippen LogP contribution is -2.10. The number of thiazole rings is 1. The van der Waals surface area contributed by atoms with Gasteiger partial charge >= 0.3 is 0 Å². The van der Waals surface area contributed by atoms with Crippen LogP contribution in [0, 0.1) is 0 Å². The van der Waals surface area contributed by atoms with Crippen molar-refractivity contribution in [3.8, 4) is 11.3 Å². The predicted octanol–water partition coefficient (Wildman–Crippen LogP) is 3.13. The minimum absolute atomic E-state index is 0.00991. The third kappa shape index (κ3) is 3.07. The van der Waals surface area contributed by atoms with Crippen molar-refractivity contribution < 1.29 is 4.79 Å². The van der Waals surface area contributed by atoms with E-state index in [4.69, 9.17) is 5.73 Å². The lowest BCUT2D eigenvalue weighted by molar-refractivity contribution is -0.116. The van der Waals surface area contributed by atoms with E-state index in [1.807, 2.05) is 36.6 Å². The van der Waals surface area contributed by atoms with Gasteiger partial charge in [-0.05, 0) is 18.6 Å². The fraction of sp³-hybridized carbons (Fsp3) is 0.231. The highest BCUT2D eigenvalue weighted by Gasteiger charge is 2.07. The molecule has 1 amide bonds. The second-order valence-electron chi connectivity index (χ2n) is 3.96. The maximum atomic E-state index is 11.4. The van der Waals surface area contributed by atoms with Gasteiger partial charge in [0, 0.05) is 23.1 Å². The van der Waals surface area contributed by atoms with E-state index < -0.39 is 0 Å². The van der Waals surface area contributed by atoms with Crippen LogP contribution in [-0.2, 0) is 4.79 Å². The minimum atomic E-state index is 0.00991. The largest absolute Gasteiger partial charge is 0.399 e. The third-order valence-electron chi connectivity index (χ3n) is 2.43. The van der Waals surface area contributed by atoms with Crippen molar-refractivity contribution in [3.05, 3.63) is 29.6 Å². The van der Waals surface area contributed by atoms with Gasteiger partial charge in [-0.3, -0.25) is 4.79 Å². The van der Waals surface area contributed by atoms with Gasteiger partial charge in [0.2, 0.25) is 5.91 Å². The summed E-state index contributed by atoms with van der Waals surface area (Å²) in [7, 11) is 0. The number of aromatic nitrogens is 1. The fourth-order valence-electron chi connectivity index (χ4n) is 1.53. The standard InChI is InChI=1S/C13H15N3OS/c1-2-3-12(17)16-13-15-11(8-18-13)9-4-6-10(14)7-5-9/h4-8H,2-3,14H2,1H3,(H,15,16,17). The topological polar surface area (TPSA) is 68.0 Å². The maximum Gasteiger partial charge on any atom is 0.226 e. The number of amides is 1. The lowest BCUT2D eigenvalue weighted by atomic mass is 10.1. The summed E-state index contributed by atoms with van der Waals surface area (Å²) in [5.41, 5.74) is 8.21. The molecular formula is C13H15N3OS. The van der Waals surface area contributed by atoms with E-state index in [0.717, 1.165) is 23.4 Å². The normalized spacial score (nSPS) is 10.3. The van der Waals surface area contributed by atoms with Crippen molar-refractivity contribution in [3.63, 3.8) is 0 Å². The van der Waals surface area contributed by atoms with E-state index in [2.05, 4.69) is 10.3 Å². The van der Waals surface area contributed by atoms with Gasteiger partial charge in [-0.1, -0.05) is 19.1 Å². The predicted molar refractivity (Wildman–Crippen MR) is 75.5 cm³/mol. The molecule has 0 saturated carbocycles. The zero-order chi connectivity index (χ0) is 13.0. The molecule has 2 rings (SSSR count). The van der Waals surface area contributed by atoms with E-state index in [0.29, 0.717) is 11.6 Å². The number of hydrogen-bond donors (Lipinski definition) is 2. The quantitative estimate of drug-likeness (QED) is 0.831. The maximum absolute atomic E-state index is 11.4. The number of carbonyl (C=O) groups is 1. The summed E-state index contributed by atoms with van der Waals surface area (Å²) in [6.07, 6.45) is 1.36. The zero-order valence-corrected chi connectivity index (χ0v) is 11.0. The average molecular weight is 261 g/mol. The summed E-state index contributed by atoms with van der Waals surface area (Å²) in [5.74, 6) is 0.00991. The summed E-state index contributed by atoms with van der Waals surface area (Å²) in [6, 6.07) is 7.51. The molecule has 5 heteroatoms. The van der Waals surface area contributed by atoms with Gasteiger partial charge in [0.1, 0.15) is 0 Å². The lowest BCUT2D eigenvalue weighted by Gasteiger charge is -1.99. The number of nitrogens with one attached hydrogen (secondary N) is 1. The SMILES string of the molecule is CCCC(=O)Nc1nc(-c2ccc(N)cc2)cs1. The van der Waals surface area contributed by atoms with Crippen LogP contribution in [0.4, 0.5) is 10.8 Å². The van der Waals surface area contributed by atoms with Gasteiger partial charge in [-0.15, -0.1) is 11.3 Å². The van der Waals surface area contributed by atoms with Crippen LogP contribution in [0.2, 0.25) is 0 Å². The Hall–Kier alpha value is -1.88. The Morgan fingerprint density at radius 3 is 2.78 bits per heavy atom. The Labute approximate surface area is 110 Å². The number of hydrogen-bond acceptors (Lipinski definition) is 4. The van der Waals surface area contributed by atoms with Gasteiger partial charge in [0.15, 0.2) is 5.13 Å². The Morgan fingerprint density at radius 1 is 1.39 bits per heavy atom. The molecule has 0 saturated heterocycles. The molecule has 2 aromatic rings. The molecule has 18 heavy (non-hydrogen) atoms. The van der Waals surface area contributed by atoms with Gasteiger partial charge in [-0.2, -0.15) is 0 Å². The van der Waals surface area contributed by atoms with Crippen molar-refractivity contribution in [2.24, 2.45) is 0 Å². The number of rotatable bonds is 4. The van der Waals surface area contributed by atoms with Gasteiger partial charge in [-0.25, -0.2) is 4.98 Å². The van der Waals surface area contributed by atoms with E-state index in [1.165, 1.54) is 11.3 Å². The van der Waals surface area contributed by atoms with Crippen LogP contribution in [-0.4, -0.2) is 10.9 Å². The summed E-state index contributed by atoms with van der Waals surface area (Å²) in [6.45, 7) is 1.97. The Balaban J connectivity index is 2.10. The van der Waals surface area contributed by atoms with Crippen molar-refractivity contribution in [2.45, 2.75) is 19.8 Å². The molecule has 0 radical (unpaired) electrons. The van der Waals surface area contributed by atoms with Crippen LogP contribution >= 0.6 is 11.3 Å². The number of nitrogens with zero attached hydrogens (tertiary/aromatic N) is 1. The van der Waals surface area contributed by atoms with Crippen LogP contribution in [0.5, 0.6) is 0 Å². The second kappa shape index (κ2) is 5.64. The van der Waals surface area contributed by atoms with Crippen molar-refractivity contribution in [1.29, 1.82) is 0 Å². The molecule has 94 valence electrons. The number of benzene rings is 1. The summed E-state index contributed by atoms with van der Waals surface area (Å²) >= 11 is 1.43. The van der Waals surface area contributed by atoms with Gasteiger partial charge < -0.3 is 11.1 Å². The zero-order valence-electron chi connectivity index (χ0n) is 10.1. The fourth-order valence-corrected chi connectivity index (χ4v) is 2.26. The third-order valence-corrected chi connectivity index (χ3v) is 3.19. The summed E-state index contributed by atoms with van der Waals surface area (Å²) in [5, 5.41) is 5.35. The number of carbonyl (C=O) groups excluding carboxylic acids is 1. The number of nitrogen functional groups attached to an aromatic ring is 1. The molecular weight excluding hydrogens is 246 g/mol. The first kappa shape index (κ1) is 12.6. The van der Waals surface area contributed by atoms with Crippen LogP contribution in [0.1, 0.15) is 19.8 Å². The first-order valence-electron chi connectivity index (χ1n) is 5.80. The highest BCUT2D eigenvalue weighted by Crippen LogP contribution is 2.25. The Kier molecular flexibility index (Phi) is 3.94. The van der Waals surface area contributed by atoms with Crippen LogP contribution in [0.3, 0.4) is 0 Å². The van der Waals surface area contributed by atoms with Crippen molar-refractivity contribution >= 4 is 28.1 Å². The van der Waals surface area contributed by atoms with E-state index >= 15 is 0 Å². The smallest absolute Gasteiger partial charge is 0.226 e. The average Bonchev–Trinajstić information content (AvgIpc) is 2.78. The molecule has 0 aliphatic rings. The van der Waals surface area contributed by atoms with Crippen LogP contribution in [0.15, 0.2) is 29.6 Å². The second-order valence-corrected chi connectivity index (χ2v) is 4.82. The van der Waals surface area contributed by atoms with Crippen LogP contribution in [0.25, 0.3) is 11.3 Å². The molecule has 1 heterocycles. The summed E-state index contributed by atoms with van der Waals surface area (Å²) < 4.78 is 0. The first-order chi connectivity index (χ1) is 8.69. The molecule has 1 aromatic heterocycles. The van der Waals surface area contributed by atoms with Gasteiger partial charge in [0.25, 0.3) is 0 Å². The Morgan fingerprint density at radius 2 is 2.11 bits per heavy atom. The van der Waals surface area contributed by atoms with E-state index in [9.17, 15) is 4.79 Å². The molecule has 1 aromatic carbocycles. The van der Waals surface area contributed by atoms with E-state index in [1.54, 1.807) is 0 Å². The van der Waals surface area contributed by atoms with Crippen LogP contribution < -0.4 is 11.1 Å². The molecule has 0 bridgehead atoms. The molecule has 0 aliphatic carbocycles. The minimum Gasteiger partial charge on any atom is -0.399 e. The van der Waals surface area contributed by atoms with Crippen molar-refractivity contribution in [2.75, 3.05) is 11.1 Å². The highest BCUT2D eigenvalue weighted by molar-refractivity contribution is 7.14. The number of nitrogens with two attached hydrogens (primary N) is 1. The molecule has 0 fully saturated rings. The molecule has 4 nitrogen and oxygen atoms in total. The van der Waals surface area contributed by atoms with Gasteiger partial charge in [0.05, 0.1) is 5.69 Å². The molecule has 0 spiro atoms. The Bertz CT molecular complexity index is 533. The molecule has 0 aliphatic heterocycles. The highest BCUT2D eigenvalue weighted by atomic mass is 32.1. The van der Waals surface area contributed by atoms with Crippen molar-refractivity contribution in [1.82, 2.24) is 4.98 Å². The molecule has 3 N–H and O–H groups in total. The summed E-state index contributed by atoms with van der Waals surface area (Å²) in [4.78, 5) is 15.8. The molecule has 0 atom stereocenters. The molecule has 0 unspecified atom stereocenters. The monoisotopic (exact) mass is 261 g/mol. The first-order valence-corrected chi connectivity index (χ1v) is 6.68. The number of anilines is 2. The van der Waals surface area contributed by atoms with E-state index in [-0.39, 0.29) is 5.91 Å².